The molecule has 7 nitrogen and oxygen atoms in total. The summed E-state index contributed by atoms with van der Waals surface area (Å²) < 4.78 is 12.5. The first-order valence-electron chi connectivity index (χ1n) is 8.79. The molecule has 0 saturated heterocycles. The Morgan fingerprint density at radius 1 is 1.42 bits per heavy atom. The van der Waals surface area contributed by atoms with E-state index in [4.69, 9.17) is 9.15 Å². The van der Waals surface area contributed by atoms with Crippen LogP contribution in [0.2, 0.25) is 0 Å². The molecule has 3 aromatic rings. The Morgan fingerprint density at radius 3 is 3.00 bits per heavy atom. The summed E-state index contributed by atoms with van der Waals surface area (Å²) in [7, 11) is 0. The van der Waals surface area contributed by atoms with Gasteiger partial charge in [0, 0.05) is 24.9 Å². The maximum absolute atomic E-state index is 12.6. The predicted molar refractivity (Wildman–Crippen MR) is 98.0 cm³/mol. The maximum atomic E-state index is 12.6. The molecule has 0 spiro atoms. The fourth-order valence-corrected chi connectivity index (χ4v) is 2.75. The molecule has 7 heteroatoms. The first-order valence-corrected chi connectivity index (χ1v) is 8.79. The van der Waals surface area contributed by atoms with Gasteiger partial charge in [0.2, 0.25) is 0 Å². The van der Waals surface area contributed by atoms with Crippen molar-refractivity contribution in [1.82, 2.24) is 20.1 Å². The second kappa shape index (κ2) is 8.14. The number of hydrogen-bond donors (Lipinski definition) is 1. The molecule has 1 N–H and O–H groups in total. The molecule has 0 radical (unpaired) electrons. The van der Waals surface area contributed by atoms with Gasteiger partial charge in [-0.05, 0) is 45.4 Å². The molecule has 0 aliphatic rings. The Labute approximate surface area is 152 Å². The average Bonchev–Trinajstić information content (AvgIpc) is 3.26. The van der Waals surface area contributed by atoms with Crippen molar-refractivity contribution in [1.29, 1.82) is 0 Å². The molecule has 0 aromatic carbocycles. The Bertz CT molecular complexity index is 868. The van der Waals surface area contributed by atoms with Crippen molar-refractivity contribution in [2.24, 2.45) is 0 Å². The van der Waals surface area contributed by atoms with Crippen LogP contribution in [0.1, 0.15) is 48.1 Å². The molecule has 0 saturated carbocycles. The number of nitrogens with zero attached hydrogens (tertiary/aromatic N) is 3. The molecular weight excluding hydrogens is 332 g/mol. The molecule has 0 aliphatic heterocycles. The van der Waals surface area contributed by atoms with Gasteiger partial charge in [-0.1, -0.05) is 0 Å². The van der Waals surface area contributed by atoms with E-state index in [2.05, 4.69) is 15.4 Å². The molecule has 3 aromatic heterocycles. The molecule has 3 rings (SSSR count). The highest BCUT2D eigenvalue weighted by molar-refractivity contribution is 6.05. The highest BCUT2D eigenvalue weighted by Crippen LogP contribution is 2.20. The monoisotopic (exact) mass is 356 g/mol. The number of aromatic nitrogens is 3. The van der Waals surface area contributed by atoms with E-state index in [1.54, 1.807) is 18.5 Å². The molecule has 0 bridgehead atoms. The van der Waals surface area contributed by atoms with Gasteiger partial charge in [0.1, 0.15) is 12.4 Å². The van der Waals surface area contributed by atoms with Crippen LogP contribution in [0.5, 0.6) is 0 Å². The van der Waals surface area contributed by atoms with Gasteiger partial charge in [-0.2, -0.15) is 5.10 Å². The molecule has 0 atom stereocenters. The lowest BCUT2D eigenvalue weighted by molar-refractivity contribution is 0.0918. The van der Waals surface area contributed by atoms with E-state index < -0.39 is 0 Å². The average molecular weight is 356 g/mol. The third-order valence-electron chi connectivity index (χ3n) is 4.00. The molecule has 0 unspecified atom stereocenters. The Balaban J connectivity index is 1.56. The summed E-state index contributed by atoms with van der Waals surface area (Å²) in [4.78, 5) is 17.1. The van der Waals surface area contributed by atoms with Crippen LogP contribution in [0.4, 0.5) is 0 Å². The van der Waals surface area contributed by atoms with Crippen LogP contribution in [0.3, 0.4) is 0 Å². The molecule has 0 aliphatic carbocycles. The van der Waals surface area contributed by atoms with E-state index in [0.717, 1.165) is 28.9 Å². The Morgan fingerprint density at radius 2 is 2.27 bits per heavy atom. The lowest BCUT2D eigenvalue weighted by Crippen LogP contribution is -2.25. The molecule has 26 heavy (non-hydrogen) atoms. The Kier molecular flexibility index (Phi) is 5.68. The largest absolute Gasteiger partial charge is 0.467 e. The summed E-state index contributed by atoms with van der Waals surface area (Å²) in [6.07, 6.45) is 4.06. The lowest BCUT2D eigenvalue weighted by Gasteiger charge is -2.09. The van der Waals surface area contributed by atoms with E-state index in [-0.39, 0.29) is 11.9 Å². The van der Waals surface area contributed by atoms with Crippen LogP contribution in [-0.4, -0.2) is 33.8 Å². The van der Waals surface area contributed by atoms with Gasteiger partial charge < -0.3 is 14.5 Å². The Hall–Kier alpha value is -2.67. The smallest absolute Gasteiger partial charge is 0.252 e. The number of rotatable bonds is 8. The molecule has 1 amide bonds. The number of fused-ring (bicyclic) bond motifs is 1. The lowest BCUT2D eigenvalue weighted by atomic mass is 10.1. The summed E-state index contributed by atoms with van der Waals surface area (Å²) in [5.41, 5.74) is 2.15. The van der Waals surface area contributed by atoms with Crippen molar-refractivity contribution < 1.29 is 13.9 Å². The molecule has 138 valence electrons. The van der Waals surface area contributed by atoms with Gasteiger partial charge in [0.05, 0.1) is 23.4 Å². The van der Waals surface area contributed by atoms with Crippen LogP contribution >= 0.6 is 0 Å². The number of amides is 1. The highest BCUT2D eigenvalue weighted by atomic mass is 16.5. The van der Waals surface area contributed by atoms with E-state index in [1.807, 2.05) is 37.6 Å². The number of hydrogen-bond acceptors (Lipinski definition) is 5. The number of furan rings is 1. The van der Waals surface area contributed by atoms with Crippen molar-refractivity contribution in [3.05, 3.63) is 47.7 Å². The predicted octanol–water partition coefficient (Wildman–Crippen LogP) is 3.25. The van der Waals surface area contributed by atoms with Crippen molar-refractivity contribution in [2.75, 3.05) is 13.2 Å². The molecular formula is C19H24N4O3. The van der Waals surface area contributed by atoms with Crippen LogP contribution < -0.4 is 5.32 Å². The third-order valence-corrected chi connectivity index (χ3v) is 4.00. The van der Waals surface area contributed by atoms with Gasteiger partial charge in [-0.25, -0.2) is 9.67 Å². The molecule has 0 fully saturated rings. The van der Waals surface area contributed by atoms with Crippen LogP contribution in [0, 0.1) is 6.92 Å². The zero-order chi connectivity index (χ0) is 18.5. The van der Waals surface area contributed by atoms with Gasteiger partial charge in [0.15, 0.2) is 5.65 Å². The van der Waals surface area contributed by atoms with Crippen molar-refractivity contribution >= 4 is 16.9 Å². The number of ether oxygens (including phenoxy) is 1. The minimum atomic E-state index is -0.116. The fraction of sp³-hybridized carbons (Fsp3) is 0.421. The topological polar surface area (TPSA) is 82.2 Å². The quantitative estimate of drug-likeness (QED) is 0.627. The highest BCUT2D eigenvalue weighted by Gasteiger charge is 2.16. The number of carbonyl (C=O) groups is 1. The van der Waals surface area contributed by atoms with E-state index >= 15 is 0 Å². The van der Waals surface area contributed by atoms with E-state index in [0.29, 0.717) is 25.3 Å². The molecule has 3 heterocycles. The minimum Gasteiger partial charge on any atom is -0.467 e. The summed E-state index contributed by atoms with van der Waals surface area (Å²) in [6, 6.07) is 5.69. The van der Waals surface area contributed by atoms with Crippen molar-refractivity contribution in [3.8, 4) is 0 Å². The van der Waals surface area contributed by atoms with Crippen LogP contribution in [0.15, 0.2) is 35.1 Å². The summed E-state index contributed by atoms with van der Waals surface area (Å²) in [6.45, 7) is 7.50. The SMILES string of the molecule is Cc1cc(C(=O)NCCCOCc2ccco2)c2cnn(C(C)C)c2n1. The summed E-state index contributed by atoms with van der Waals surface area (Å²) in [5.74, 6) is 0.681. The number of nitrogens with one attached hydrogen (secondary N) is 1. The summed E-state index contributed by atoms with van der Waals surface area (Å²) >= 11 is 0. The van der Waals surface area contributed by atoms with Gasteiger partial charge in [-0.3, -0.25) is 4.79 Å². The van der Waals surface area contributed by atoms with Crippen molar-refractivity contribution in [2.45, 2.75) is 39.8 Å². The maximum Gasteiger partial charge on any atom is 0.252 e. The normalized spacial score (nSPS) is 11.4. The number of pyridine rings is 1. The third kappa shape index (κ3) is 4.11. The first-order chi connectivity index (χ1) is 12.6. The zero-order valence-electron chi connectivity index (χ0n) is 15.4. The number of carbonyl (C=O) groups excluding carboxylic acids is 1. The second-order valence-electron chi connectivity index (χ2n) is 6.47. The van der Waals surface area contributed by atoms with Gasteiger partial charge in [-0.15, -0.1) is 0 Å². The second-order valence-corrected chi connectivity index (χ2v) is 6.47. The van der Waals surface area contributed by atoms with E-state index in [1.165, 1.54) is 0 Å². The van der Waals surface area contributed by atoms with Crippen LogP contribution in [0.25, 0.3) is 11.0 Å². The summed E-state index contributed by atoms with van der Waals surface area (Å²) in [5, 5.41) is 8.09. The zero-order valence-corrected chi connectivity index (χ0v) is 15.4. The first kappa shape index (κ1) is 18.1. The number of aryl methyl sites for hydroxylation is 1. The fourth-order valence-electron chi connectivity index (χ4n) is 2.75. The van der Waals surface area contributed by atoms with Crippen molar-refractivity contribution in [3.63, 3.8) is 0 Å². The van der Waals surface area contributed by atoms with E-state index in [9.17, 15) is 4.79 Å². The standard InChI is InChI=1S/C19H24N4O3/c1-13(2)23-18-17(11-21-23)16(10-14(3)22-18)19(24)20-7-5-8-25-12-15-6-4-9-26-15/h4,6,9-11,13H,5,7-8,12H2,1-3H3,(H,20,24). The minimum absolute atomic E-state index is 0.116. The van der Waals surface area contributed by atoms with Gasteiger partial charge >= 0.3 is 0 Å². The van der Waals surface area contributed by atoms with Gasteiger partial charge in [0.25, 0.3) is 5.91 Å². The van der Waals surface area contributed by atoms with Crippen LogP contribution in [-0.2, 0) is 11.3 Å².